The van der Waals surface area contributed by atoms with Gasteiger partial charge in [-0.1, -0.05) is 48.0 Å². The summed E-state index contributed by atoms with van der Waals surface area (Å²) in [4.78, 5) is 30.1. The number of nitrogens with zero attached hydrogens (tertiary/aromatic N) is 2. The molecule has 0 aliphatic heterocycles. The fraction of sp³-hybridized carbons (Fsp3) is 0.156. The molecule has 5 rings (SSSR count). The van der Waals surface area contributed by atoms with Gasteiger partial charge in [0.25, 0.3) is 5.91 Å². The molecule has 5 aromatic rings. The molecule has 0 saturated carbocycles. The van der Waals surface area contributed by atoms with Crippen LogP contribution in [0.1, 0.15) is 21.6 Å². The Morgan fingerprint density at radius 3 is 2.41 bits per heavy atom. The van der Waals surface area contributed by atoms with Gasteiger partial charge in [0.1, 0.15) is 35.5 Å². The van der Waals surface area contributed by atoms with Gasteiger partial charge in [-0.3, -0.25) is 4.79 Å². The van der Waals surface area contributed by atoms with Crippen LogP contribution in [0.15, 0.2) is 97.3 Å². The van der Waals surface area contributed by atoms with Gasteiger partial charge < -0.3 is 23.9 Å². The van der Waals surface area contributed by atoms with Crippen LogP contribution in [0.5, 0.6) is 11.5 Å². The first-order valence-corrected chi connectivity index (χ1v) is 13.3. The van der Waals surface area contributed by atoms with E-state index in [1.165, 1.54) is 7.11 Å². The Morgan fingerprint density at radius 2 is 1.68 bits per heavy atom. The van der Waals surface area contributed by atoms with Gasteiger partial charge in [-0.2, -0.15) is 0 Å². The molecular formula is C32H28ClN3O5. The average molecular weight is 570 g/mol. The zero-order valence-electron chi connectivity index (χ0n) is 22.5. The summed E-state index contributed by atoms with van der Waals surface area (Å²) in [5, 5.41) is 3.43. The summed E-state index contributed by atoms with van der Waals surface area (Å²) in [5.74, 6) is 0.419. The Balaban J connectivity index is 1.24. The first-order chi connectivity index (χ1) is 19.9. The number of imidazole rings is 1. The lowest BCUT2D eigenvalue weighted by atomic mass is 10.1. The molecule has 9 heteroatoms. The molecule has 1 atom stereocenters. The second-order valence-corrected chi connectivity index (χ2v) is 9.79. The predicted octanol–water partition coefficient (Wildman–Crippen LogP) is 5.76. The number of hydrogen-bond acceptors (Lipinski definition) is 6. The number of aromatic nitrogens is 2. The third-order valence-corrected chi connectivity index (χ3v) is 6.82. The van der Waals surface area contributed by atoms with E-state index in [4.69, 9.17) is 25.8 Å². The summed E-state index contributed by atoms with van der Waals surface area (Å²) < 4.78 is 17.8. The first kappa shape index (κ1) is 27.7. The SMILES string of the molecule is COC(=O)[C@H](Cc1ccc(OCc2cccc(OC)c2)cc1)NC(=O)c1cn2ccc(-c3ccc(Cl)cc3)cc2n1. The standard InChI is InChI=1S/C32H28ClN3O5/c1-39-27-5-3-4-22(16-27)20-41-26-12-6-21(7-13-26)17-28(32(38)40-2)35-31(37)29-19-36-15-14-24(18-30(36)34-29)23-8-10-25(33)11-9-23/h3-16,18-19,28H,17,20H2,1-2H3,(H,35,37)/t28-/m0/s1. The van der Waals surface area contributed by atoms with Crippen LogP contribution in [0, 0.1) is 0 Å². The van der Waals surface area contributed by atoms with Crippen LogP contribution in [0.3, 0.4) is 0 Å². The number of methoxy groups -OCH3 is 2. The van der Waals surface area contributed by atoms with Crippen LogP contribution in [-0.2, 0) is 22.6 Å². The number of benzene rings is 3. The molecule has 0 aliphatic carbocycles. The van der Waals surface area contributed by atoms with E-state index in [9.17, 15) is 9.59 Å². The van der Waals surface area contributed by atoms with Gasteiger partial charge in [0, 0.05) is 23.8 Å². The van der Waals surface area contributed by atoms with Crippen LogP contribution in [0.25, 0.3) is 16.8 Å². The van der Waals surface area contributed by atoms with Gasteiger partial charge in [0.2, 0.25) is 0 Å². The Labute approximate surface area is 242 Å². The summed E-state index contributed by atoms with van der Waals surface area (Å²) in [6.45, 7) is 0.387. The van der Waals surface area contributed by atoms with Crippen LogP contribution in [-0.4, -0.2) is 41.5 Å². The number of pyridine rings is 1. The minimum atomic E-state index is -0.898. The van der Waals surface area contributed by atoms with Crippen molar-refractivity contribution in [1.29, 1.82) is 0 Å². The second-order valence-electron chi connectivity index (χ2n) is 9.35. The molecule has 2 heterocycles. The van der Waals surface area contributed by atoms with E-state index >= 15 is 0 Å². The molecule has 0 spiro atoms. The maximum absolute atomic E-state index is 13.1. The normalized spacial score (nSPS) is 11.6. The number of carbonyl (C=O) groups is 2. The summed E-state index contributed by atoms with van der Waals surface area (Å²) in [7, 11) is 2.92. The van der Waals surface area contributed by atoms with E-state index in [-0.39, 0.29) is 12.1 Å². The number of amides is 1. The zero-order valence-corrected chi connectivity index (χ0v) is 23.3. The van der Waals surface area contributed by atoms with Crippen LogP contribution in [0.4, 0.5) is 0 Å². The van der Waals surface area contributed by atoms with E-state index < -0.39 is 17.9 Å². The van der Waals surface area contributed by atoms with E-state index in [2.05, 4.69) is 10.3 Å². The lowest BCUT2D eigenvalue weighted by Crippen LogP contribution is -2.43. The third kappa shape index (κ3) is 6.85. The molecule has 1 N–H and O–H groups in total. The summed E-state index contributed by atoms with van der Waals surface area (Å²) in [6, 6.07) is 25.4. The molecule has 3 aromatic carbocycles. The largest absolute Gasteiger partial charge is 0.497 e. The number of halogens is 1. The van der Waals surface area contributed by atoms with Crippen molar-refractivity contribution in [3.8, 4) is 22.6 Å². The number of carbonyl (C=O) groups excluding carboxylic acids is 2. The lowest BCUT2D eigenvalue weighted by molar-refractivity contribution is -0.142. The monoisotopic (exact) mass is 569 g/mol. The molecule has 1 amide bonds. The smallest absolute Gasteiger partial charge is 0.328 e. The molecule has 41 heavy (non-hydrogen) atoms. The molecule has 0 fully saturated rings. The molecule has 0 bridgehead atoms. The van der Waals surface area contributed by atoms with Crippen LogP contribution < -0.4 is 14.8 Å². The highest BCUT2D eigenvalue weighted by Gasteiger charge is 2.24. The van der Waals surface area contributed by atoms with Crippen molar-refractivity contribution < 1.29 is 23.8 Å². The highest BCUT2D eigenvalue weighted by Crippen LogP contribution is 2.23. The predicted molar refractivity (Wildman–Crippen MR) is 156 cm³/mol. The van der Waals surface area contributed by atoms with Crippen molar-refractivity contribution in [2.45, 2.75) is 19.1 Å². The summed E-state index contributed by atoms with van der Waals surface area (Å²) in [5.41, 5.74) is 4.52. The van der Waals surface area contributed by atoms with Crippen LogP contribution in [0.2, 0.25) is 5.02 Å². The van der Waals surface area contributed by atoms with E-state index in [1.807, 2.05) is 91.1 Å². The van der Waals surface area contributed by atoms with Crippen molar-refractivity contribution >= 4 is 29.1 Å². The van der Waals surface area contributed by atoms with Gasteiger partial charge in [0.15, 0.2) is 0 Å². The molecule has 8 nitrogen and oxygen atoms in total. The number of fused-ring (bicyclic) bond motifs is 1. The number of rotatable bonds is 10. The van der Waals surface area contributed by atoms with Gasteiger partial charge >= 0.3 is 5.97 Å². The Kier molecular flexibility index (Phi) is 8.50. The Hall–Kier alpha value is -4.82. The number of ether oxygens (including phenoxy) is 3. The topological polar surface area (TPSA) is 91.2 Å². The second kappa shape index (κ2) is 12.6. The first-order valence-electron chi connectivity index (χ1n) is 12.9. The lowest BCUT2D eigenvalue weighted by Gasteiger charge is -2.16. The molecular weight excluding hydrogens is 542 g/mol. The van der Waals surface area contributed by atoms with E-state index in [0.29, 0.717) is 23.0 Å². The van der Waals surface area contributed by atoms with Crippen LogP contribution >= 0.6 is 11.6 Å². The molecule has 0 radical (unpaired) electrons. The average Bonchev–Trinajstić information content (AvgIpc) is 3.44. The van der Waals surface area contributed by atoms with Gasteiger partial charge in [-0.15, -0.1) is 0 Å². The highest BCUT2D eigenvalue weighted by molar-refractivity contribution is 6.30. The van der Waals surface area contributed by atoms with Crippen molar-refractivity contribution in [2.24, 2.45) is 0 Å². The Bertz CT molecular complexity index is 1670. The van der Waals surface area contributed by atoms with E-state index in [0.717, 1.165) is 28.0 Å². The van der Waals surface area contributed by atoms with Crippen molar-refractivity contribution in [1.82, 2.24) is 14.7 Å². The van der Waals surface area contributed by atoms with Gasteiger partial charge in [0.05, 0.1) is 14.2 Å². The molecule has 0 aliphatic rings. The van der Waals surface area contributed by atoms with Gasteiger partial charge in [-0.05, 0) is 70.8 Å². The fourth-order valence-electron chi connectivity index (χ4n) is 4.37. The van der Waals surface area contributed by atoms with Crippen molar-refractivity contribution in [3.63, 3.8) is 0 Å². The molecule has 208 valence electrons. The quantitative estimate of drug-likeness (QED) is 0.215. The number of esters is 1. The summed E-state index contributed by atoms with van der Waals surface area (Å²) >= 11 is 6.00. The highest BCUT2D eigenvalue weighted by atomic mass is 35.5. The minimum Gasteiger partial charge on any atom is -0.497 e. The van der Waals surface area contributed by atoms with Gasteiger partial charge in [-0.25, -0.2) is 9.78 Å². The number of nitrogens with one attached hydrogen (secondary N) is 1. The van der Waals surface area contributed by atoms with E-state index in [1.54, 1.807) is 17.7 Å². The van der Waals surface area contributed by atoms with Crippen molar-refractivity contribution in [2.75, 3.05) is 14.2 Å². The minimum absolute atomic E-state index is 0.188. The molecule has 0 saturated heterocycles. The third-order valence-electron chi connectivity index (χ3n) is 6.56. The molecule has 2 aromatic heterocycles. The fourth-order valence-corrected chi connectivity index (χ4v) is 4.49. The maximum Gasteiger partial charge on any atom is 0.328 e. The maximum atomic E-state index is 13.1. The number of hydrogen-bond donors (Lipinski definition) is 1. The summed E-state index contributed by atoms with van der Waals surface area (Å²) in [6.07, 6.45) is 3.69. The zero-order chi connectivity index (χ0) is 28.8. The van der Waals surface area contributed by atoms with Crippen molar-refractivity contribution in [3.05, 3.63) is 119 Å². The molecule has 0 unspecified atom stereocenters. The Morgan fingerprint density at radius 1 is 0.902 bits per heavy atom.